The van der Waals surface area contributed by atoms with Crippen molar-refractivity contribution in [2.45, 2.75) is 57.3 Å². The van der Waals surface area contributed by atoms with E-state index in [1.807, 2.05) is 0 Å². The summed E-state index contributed by atoms with van der Waals surface area (Å²) in [5.74, 6) is -4.54. The van der Waals surface area contributed by atoms with Crippen LogP contribution >= 0.6 is 0 Å². The molecule has 0 saturated carbocycles. The number of carboxylic acid groups (broad SMARTS) is 1. The Labute approximate surface area is 173 Å². The van der Waals surface area contributed by atoms with Gasteiger partial charge in [-0.05, 0) is 26.7 Å². The summed E-state index contributed by atoms with van der Waals surface area (Å²) in [5.41, 5.74) is 21.0. The fourth-order valence-electron chi connectivity index (χ4n) is 2.14. The van der Waals surface area contributed by atoms with Gasteiger partial charge in [0.2, 0.25) is 23.6 Å². The molecule has 4 unspecified atom stereocenters. The summed E-state index contributed by atoms with van der Waals surface area (Å²) < 4.78 is 0. The fourth-order valence-corrected chi connectivity index (χ4v) is 2.14. The minimum Gasteiger partial charge on any atom is -0.480 e. The summed E-state index contributed by atoms with van der Waals surface area (Å²) >= 11 is 0. The first kappa shape index (κ1) is 26.6. The quantitative estimate of drug-likeness (QED) is 0.0799. The molecule has 14 heteroatoms. The number of nitrogens with one attached hydrogen (secondary N) is 3. The third-order valence-corrected chi connectivity index (χ3v) is 3.83. The molecule has 0 saturated heterocycles. The van der Waals surface area contributed by atoms with Crippen LogP contribution in [0.2, 0.25) is 0 Å². The van der Waals surface area contributed by atoms with Crippen molar-refractivity contribution in [1.82, 2.24) is 16.0 Å². The lowest BCUT2D eigenvalue weighted by Crippen LogP contribution is -2.55. The number of aliphatic carboxylic acids is 1. The number of carbonyl (C=O) groups excluding carboxylic acids is 4. The van der Waals surface area contributed by atoms with Gasteiger partial charge < -0.3 is 44.0 Å². The maximum absolute atomic E-state index is 12.2. The highest BCUT2D eigenvalue weighted by molar-refractivity contribution is 5.94. The molecule has 0 bridgehead atoms. The molecule has 0 aliphatic rings. The summed E-state index contributed by atoms with van der Waals surface area (Å²) in [6.07, 6.45) is 0.141. The van der Waals surface area contributed by atoms with Crippen LogP contribution in [0.1, 0.15) is 33.1 Å². The number of hydrogen-bond donors (Lipinski definition) is 8. The van der Waals surface area contributed by atoms with E-state index in [9.17, 15) is 24.0 Å². The molecule has 0 aromatic rings. The molecule has 12 N–H and O–H groups in total. The molecule has 0 rings (SSSR count). The number of aliphatic imine (C=N–C) groups is 1. The molecule has 0 aromatic carbocycles. The molecule has 0 aliphatic carbocycles. The molecule has 0 spiro atoms. The highest BCUT2D eigenvalue weighted by atomic mass is 16.4. The van der Waals surface area contributed by atoms with E-state index in [-0.39, 0.29) is 12.4 Å². The van der Waals surface area contributed by atoms with E-state index in [1.54, 1.807) is 0 Å². The minimum absolute atomic E-state index is 0.0687. The highest BCUT2D eigenvalue weighted by Gasteiger charge is 2.27. The SMILES string of the molecule is CC(NC(=O)C(N)CCCN=C(N)N)C(=O)NC(C)C(=O)NC(CC(N)=O)C(=O)O. The third-order valence-electron chi connectivity index (χ3n) is 3.83. The van der Waals surface area contributed by atoms with Gasteiger partial charge in [0.05, 0.1) is 12.5 Å². The molecule has 4 atom stereocenters. The summed E-state index contributed by atoms with van der Waals surface area (Å²) in [6.45, 7) is 3.00. The first-order valence-electron chi connectivity index (χ1n) is 9.08. The average molecular weight is 430 g/mol. The van der Waals surface area contributed by atoms with Crippen molar-refractivity contribution in [1.29, 1.82) is 0 Å². The third kappa shape index (κ3) is 10.8. The lowest BCUT2D eigenvalue weighted by Gasteiger charge is -2.21. The second-order valence-corrected chi connectivity index (χ2v) is 6.59. The Morgan fingerprint density at radius 1 is 0.900 bits per heavy atom. The number of nitrogens with zero attached hydrogens (tertiary/aromatic N) is 1. The Balaban J connectivity index is 4.57. The van der Waals surface area contributed by atoms with Crippen molar-refractivity contribution in [2.75, 3.05) is 6.54 Å². The van der Waals surface area contributed by atoms with Crippen LogP contribution in [0, 0.1) is 0 Å². The number of amides is 4. The zero-order valence-electron chi connectivity index (χ0n) is 16.9. The maximum atomic E-state index is 12.2. The van der Waals surface area contributed by atoms with Crippen LogP contribution in [0.4, 0.5) is 0 Å². The first-order chi connectivity index (χ1) is 13.8. The van der Waals surface area contributed by atoms with E-state index in [1.165, 1.54) is 13.8 Å². The summed E-state index contributed by atoms with van der Waals surface area (Å²) in [7, 11) is 0. The monoisotopic (exact) mass is 430 g/mol. The zero-order valence-corrected chi connectivity index (χ0v) is 16.9. The predicted molar refractivity (Wildman–Crippen MR) is 106 cm³/mol. The second-order valence-electron chi connectivity index (χ2n) is 6.59. The molecule has 0 aromatic heterocycles. The normalized spacial score (nSPS) is 14.4. The van der Waals surface area contributed by atoms with Gasteiger partial charge in [-0.2, -0.15) is 0 Å². The number of carbonyl (C=O) groups is 5. The number of guanidine groups is 1. The first-order valence-corrected chi connectivity index (χ1v) is 9.08. The van der Waals surface area contributed by atoms with Crippen molar-refractivity contribution in [3.63, 3.8) is 0 Å². The Hall–Kier alpha value is -3.42. The summed E-state index contributed by atoms with van der Waals surface area (Å²) in [4.78, 5) is 61.9. The number of primary amides is 1. The Morgan fingerprint density at radius 2 is 1.40 bits per heavy atom. The van der Waals surface area contributed by atoms with Gasteiger partial charge in [-0.15, -0.1) is 0 Å². The largest absolute Gasteiger partial charge is 0.480 e. The summed E-state index contributed by atoms with van der Waals surface area (Å²) in [6, 6.07) is -4.57. The number of carboxylic acids is 1. The average Bonchev–Trinajstić information content (AvgIpc) is 2.63. The Kier molecular flexibility index (Phi) is 11.5. The molecule has 30 heavy (non-hydrogen) atoms. The second kappa shape index (κ2) is 12.9. The van der Waals surface area contributed by atoms with Gasteiger partial charge in [0.25, 0.3) is 0 Å². The van der Waals surface area contributed by atoms with Crippen LogP contribution in [0.15, 0.2) is 4.99 Å². The molecular formula is C16H30N8O6. The number of hydrogen-bond acceptors (Lipinski definition) is 7. The fraction of sp³-hybridized carbons (Fsp3) is 0.625. The molecule has 4 amide bonds. The van der Waals surface area contributed by atoms with Crippen molar-refractivity contribution in [2.24, 2.45) is 27.9 Å². The smallest absolute Gasteiger partial charge is 0.326 e. The van der Waals surface area contributed by atoms with Crippen LogP contribution in [-0.4, -0.2) is 71.4 Å². The molecule has 170 valence electrons. The topological polar surface area (TPSA) is 258 Å². The molecule has 0 aliphatic heterocycles. The Bertz CT molecular complexity index is 679. The zero-order chi connectivity index (χ0) is 23.4. The minimum atomic E-state index is -1.52. The van der Waals surface area contributed by atoms with Crippen LogP contribution in [-0.2, 0) is 24.0 Å². The Morgan fingerprint density at radius 3 is 1.87 bits per heavy atom. The van der Waals surface area contributed by atoms with Crippen LogP contribution in [0.3, 0.4) is 0 Å². The van der Waals surface area contributed by atoms with E-state index in [0.717, 1.165) is 0 Å². The van der Waals surface area contributed by atoms with Gasteiger partial charge in [-0.1, -0.05) is 0 Å². The van der Waals surface area contributed by atoms with E-state index in [0.29, 0.717) is 13.0 Å². The standard InChI is InChI=1S/C16H30N8O6/c1-7(23-14(28)9(17)4-3-5-21-16(19)20)12(26)22-8(2)13(27)24-10(15(29)30)6-11(18)25/h7-10H,3-6,17H2,1-2H3,(H2,18,25)(H,22,26)(H,23,28)(H,24,27)(H,29,30)(H4,19,20,21). The van der Waals surface area contributed by atoms with E-state index in [4.69, 9.17) is 28.0 Å². The lowest BCUT2D eigenvalue weighted by atomic mass is 10.1. The molecule has 0 heterocycles. The van der Waals surface area contributed by atoms with Crippen molar-refractivity contribution in [3.05, 3.63) is 0 Å². The van der Waals surface area contributed by atoms with Crippen LogP contribution in [0.25, 0.3) is 0 Å². The van der Waals surface area contributed by atoms with Crippen molar-refractivity contribution < 1.29 is 29.1 Å². The van der Waals surface area contributed by atoms with E-state index < -0.39 is 60.2 Å². The van der Waals surface area contributed by atoms with Crippen molar-refractivity contribution >= 4 is 35.6 Å². The van der Waals surface area contributed by atoms with Gasteiger partial charge in [-0.3, -0.25) is 24.2 Å². The maximum Gasteiger partial charge on any atom is 0.326 e. The van der Waals surface area contributed by atoms with Gasteiger partial charge >= 0.3 is 5.97 Å². The van der Waals surface area contributed by atoms with Crippen LogP contribution < -0.4 is 38.9 Å². The molecule has 0 radical (unpaired) electrons. The number of rotatable bonds is 13. The van der Waals surface area contributed by atoms with E-state index in [2.05, 4.69) is 20.9 Å². The molecule has 0 fully saturated rings. The van der Waals surface area contributed by atoms with Gasteiger partial charge in [0.15, 0.2) is 5.96 Å². The van der Waals surface area contributed by atoms with Crippen LogP contribution in [0.5, 0.6) is 0 Å². The highest BCUT2D eigenvalue weighted by Crippen LogP contribution is 1.98. The summed E-state index contributed by atoms with van der Waals surface area (Å²) in [5, 5.41) is 15.8. The number of nitrogens with two attached hydrogens (primary N) is 4. The van der Waals surface area contributed by atoms with Crippen molar-refractivity contribution in [3.8, 4) is 0 Å². The van der Waals surface area contributed by atoms with Gasteiger partial charge in [-0.25, -0.2) is 4.79 Å². The molecular weight excluding hydrogens is 400 g/mol. The predicted octanol–water partition coefficient (Wildman–Crippen LogP) is -4.18. The van der Waals surface area contributed by atoms with Gasteiger partial charge in [0.1, 0.15) is 18.1 Å². The molecule has 14 nitrogen and oxygen atoms in total. The van der Waals surface area contributed by atoms with Gasteiger partial charge in [0, 0.05) is 6.54 Å². The van der Waals surface area contributed by atoms with E-state index >= 15 is 0 Å². The lowest BCUT2D eigenvalue weighted by molar-refractivity contribution is -0.143.